The standard InChI is InChI=1S/C12H17N5O2/c1-2-13-10-7-16-4-3-14-11(16)12(15-10)17-5-8(18)9(19)6-17/h3-4,7-9,13,18-19H,2,5-6H2,1H3. The average Bonchev–Trinajstić information content (AvgIpc) is 2.96. The number of nitrogens with one attached hydrogen (secondary N) is 1. The summed E-state index contributed by atoms with van der Waals surface area (Å²) in [7, 11) is 0. The highest BCUT2D eigenvalue weighted by molar-refractivity contribution is 5.67. The molecule has 3 rings (SSSR count). The molecule has 102 valence electrons. The average molecular weight is 263 g/mol. The molecule has 1 fully saturated rings. The molecular weight excluding hydrogens is 246 g/mol. The summed E-state index contributed by atoms with van der Waals surface area (Å²) in [6.45, 7) is 3.51. The Labute approximate surface area is 110 Å². The first-order chi connectivity index (χ1) is 9.19. The van der Waals surface area contributed by atoms with Crippen LogP contribution in [0.25, 0.3) is 5.65 Å². The number of aliphatic hydroxyl groups is 2. The van der Waals surface area contributed by atoms with Crippen molar-refractivity contribution in [1.29, 1.82) is 0 Å². The number of hydrogen-bond acceptors (Lipinski definition) is 6. The third kappa shape index (κ3) is 2.11. The maximum atomic E-state index is 9.66. The molecule has 0 bridgehead atoms. The molecule has 7 nitrogen and oxygen atoms in total. The van der Waals surface area contributed by atoms with E-state index >= 15 is 0 Å². The van der Waals surface area contributed by atoms with E-state index in [2.05, 4.69) is 15.3 Å². The van der Waals surface area contributed by atoms with Gasteiger partial charge in [0.25, 0.3) is 0 Å². The largest absolute Gasteiger partial charge is 0.389 e. The fourth-order valence-corrected chi connectivity index (χ4v) is 2.34. The van der Waals surface area contributed by atoms with Crippen LogP contribution in [0.2, 0.25) is 0 Å². The van der Waals surface area contributed by atoms with Crippen molar-refractivity contribution >= 4 is 17.3 Å². The van der Waals surface area contributed by atoms with E-state index in [1.807, 2.05) is 28.6 Å². The van der Waals surface area contributed by atoms with Crippen LogP contribution >= 0.6 is 0 Å². The van der Waals surface area contributed by atoms with Crippen LogP contribution < -0.4 is 10.2 Å². The number of nitrogens with zero attached hydrogens (tertiary/aromatic N) is 4. The number of β-amino-alcohol motifs (C(OH)–C–C–N with tert-alkyl or cyclic N) is 2. The van der Waals surface area contributed by atoms with Crippen molar-refractivity contribution in [3.05, 3.63) is 18.6 Å². The number of aromatic nitrogens is 3. The van der Waals surface area contributed by atoms with Gasteiger partial charge in [-0.1, -0.05) is 0 Å². The highest BCUT2D eigenvalue weighted by atomic mass is 16.3. The van der Waals surface area contributed by atoms with Gasteiger partial charge in [0.05, 0.1) is 18.4 Å². The highest BCUT2D eigenvalue weighted by Gasteiger charge is 2.31. The second kappa shape index (κ2) is 4.67. The number of imidazole rings is 1. The predicted molar refractivity (Wildman–Crippen MR) is 71.4 cm³/mol. The van der Waals surface area contributed by atoms with Gasteiger partial charge in [0.15, 0.2) is 11.5 Å². The second-order valence-corrected chi connectivity index (χ2v) is 4.68. The molecule has 2 aromatic rings. The zero-order chi connectivity index (χ0) is 13.4. The summed E-state index contributed by atoms with van der Waals surface area (Å²) < 4.78 is 1.89. The Kier molecular flexibility index (Phi) is 3.00. The number of hydrogen-bond donors (Lipinski definition) is 3. The van der Waals surface area contributed by atoms with Crippen molar-refractivity contribution in [2.75, 3.05) is 29.9 Å². The van der Waals surface area contributed by atoms with Gasteiger partial charge in [-0.05, 0) is 6.92 Å². The first kappa shape index (κ1) is 12.2. The molecule has 3 heterocycles. The van der Waals surface area contributed by atoms with Gasteiger partial charge in [-0.3, -0.25) is 0 Å². The molecule has 0 aliphatic carbocycles. The number of rotatable bonds is 3. The van der Waals surface area contributed by atoms with Gasteiger partial charge in [0.1, 0.15) is 5.82 Å². The minimum Gasteiger partial charge on any atom is -0.389 e. The van der Waals surface area contributed by atoms with Crippen LogP contribution in [0, 0.1) is 0 Å². The SMILES string of the molecule is CCNc1cn2ccnc2c(N2CC(O)C(O)C2)n1. The van der Waals surface area contributed by atoms with Crippen molar-refractivity contribution in [3.8, 4) is 0 Å². The summed E-state index contributed by atoms with van der Waals surface area (Å²) >= 11 is 0. The lowest BCUT2D eigenvalue weighted by molar-refractivity contribution is 0.0572. The lowest BCUT2D eigenvalue weighted by atomic mass is 10.3. The quantitative estimate of drug-likeness (QED) is 0.705. The van der Waals surface area contributed by atoms with E-state index in [1.54, 1.807) is 6.20 Å². The fraction of sp³-hybridized carbons (Fsp3) is 0.500. The molecule has 0 spiro atoms. The Hall–Kier alpha value is -1.86. The number of anilines is 2. The summed E-state index contributed by atoms with van der Waals surface area (Å²) in [5.74, 6) is 1.43. The van der Waals surface area contributed by atoms with Crippen LogP contribution in [-0.4, -0.2) is 56.4 Å². The van der Waals surface area contributed by atoms with E-state index in [9.17, 15) is 10.2 Å². The first-order valence-electron chi connectivity index (χ1n) is 6.37. The van der Waals surface area contributed by atoms with Crippen LogP contribution in [-0.2, 0) is 0 Å². The molecule has 1 aliphatic heterocycles. The summed E-state index contributed by atoms with van der Waals surface area (Å²) in [6.07, 6.45) is 3.96. The Morgan fingerprint density at radius 2 is 2.11 bits per heavy atom. The zero-order valence-electron chi connectivity index (χ0n) is 10.7. The van der Waals surface area contributed by atoms with E-state index in [0.29, 0.717) is 18.9 Å². The van der Waals surface area contributed by atoms with E-state index in [4.69, 9.17) is 0 Å². The smallest absolute Gasteiger partial charge is 0.180 e. The number of fused-ring (bicyclic) bond motifs is 1. The minimum atomic E-state index is -0.736. The monoisotopic (exact) mass is 263 g/mol. The van der Waals surface area contributed by atoms with Gasteiger partial charge < -0.3 is 24.8 Å². The van der Waals surface area contributed by atoms with Crippen LogP contribution in [0.15, 0.2) is 18.6 Å². The molecule has 1 aliphatic rings. The normalized spacial score (nSPS) is 23.2. The maximum Gasteiger partial charge on any atom is 0.180 e. The van der Waals surface area contributed by atoms with Gasteiger partial charge in [0.2, 0.25) is 0 Å². The Morgan fingerprint density at radius 1 is 1.37 bits per heavy atom. The van der Waals surface area contributed by atoms with Crippen molar-refractivity contribution in [3.63, 3.8) is 0 Å². The third-order valence-corrected chi connectivity index (χ3v) is 3.27. The van der Waals surface area contributed by atoms with Gasteiger partial charge in [-0.25, -0.2) is 9.97 Å². The summed E-state index contributed by atoms with van der Waals surface area (Å²) in [4.78, 5) is 10.7. The molecule has 0 saturated carbocycles. The van der Waals surface area contributed by atoms with Gasteiger partial charge in [-0.15, -0.1) is 0 Å². The number of aliphatic hydroxyl groups excluding tert-OH is 2. The summed E-state index contributed by atoms with van der Waals surface area (Å²) in [5, 5.41) is 22.5. The molecule has 0 amide bonds. The molecule has 2 atom stereocenters. The van der Waals surface area contributed by atoms with Crippen LogP contribution in [0.1, 0.15) is 6.92 Å². The van der Waals surface area contributed by atoms with Crippen molar-refractivity contribution < 1.29 is 10.2 Å². The summed E-state index contributed by atoms with van der Waals surface area (Å²) in [5.41, 5.74) is 0.725. The van der Waals surface area contributed by atoms with Crippen LogP contribution in [0.5, 0.6) is 0 Å². The molecule has 2 aromatic heterocycles. The molecule has 19 heavy (non-hydrogen) atoms. The molecule has 7 heteroatoms. The van der Waals surface area contributed by atoms with Crippen molar-refractivity contribution in [2.45, 2.75) is 19.1 Å². The Morgan fingerprint density at radius 3 is 2.79 bits per heavy atom. The third-order valence-electron chi connectivity index (χ3n) is 3.27. The Bertz CT molecular complexity index is 575. The van der Waals surface area contributed by atoms with Crippen molar-refractivity contribution in [1.82, 2.24) is 14.4 Å². The van der Waals surface area contributed by atoms with Crippen LogP contribution in [0.3, 0.4) is 0 Å². The molecule has 1 saturated heterocycles. The lowest BCUT2D eigenvalue weighted by Crippen LogP contribution is -2.23. The van der Waals surface area contributed by atoms with Gasteiger partial charge in [-0.2, -0.15) is 0 Å². The van der Waals surface area contributed by atoms with Crippen LogP contribution in [0.4, 0.5) is 11.6 Å². The van der Waals surface area contributed by atoms with Crippen molar-refractivity contribution in [2.24, 2.45) is 0 Å². The second-order valence-electron chi connectivity index (χ2n) is 4.68. The lowest BCUT2D eigenvalue weighted by Gasteiger charge is -2.18. The van der Waals surface area contributed by atoms with E-state index in [-0.39, 0.29) is 0 Å². The molecule has 2 unspecified atom stereocenters. The predicted octanol–water partition coefficient (Wildman–Crippen LogP) is -0.297. The first-order valence-corrected chi connectivity index (χ1v) is 6.37. The van der Waals surface area contributed by atoms with E-state index < -0.39 is 12.2 Å². The van der Waals surface area contributed by atoms with Gasteiger partial charge in [0, 0.05) is 32.0 Å². The molecule has 0 aromatic carbocycles. The molecule has 0 radical (unpaired) electrons. The fourth-order valence-electron chi connectivity index (χ4n) is 2.34. The maximum absolute atomic E-state index is 9.66. The Balaban J connectivity index is 2.03. The molecule has 3 N–H and O–H groups in total. The topological polar surface area (TPSA) is 85.9 Å². The summed E-state index contributed by atoms with van der Waals surface area (Å²) in [6, 6.07) is 0. The minimum absolute atomic E-state index is 0.367. The highest BCUT2D eigenvalue weighted by Crippen LogP contribution is 2.24. The zero-order valence-corrected chi connectivity index (χ0v) is 10.7. The van der Waals surface area contributed by atoms with Gasteiger partial charge >= 0.3 is 0 Å². The van der Waals surface area contributed by atoms with E-state index in [0.717, 1.165) is 18.0 Å². The van der Waals surface area contributed by atoms with E-state index in [1.165, 1.54) is 0 Å². The molecular formula is C12H17N5O2.